The summed E-state index contributed by atoms with van der Waals surface area (Å²) in [5, 5.41) is 0. The molecule has 22 heavy (non-hydrogen) atoms. The lowest BCUT2D eigenvalue weighted by Crippen LogP contribution is -2.35. The largest absolute Gasteiger partial charge is 0.454 e. The molecule has 3 rings (SSSR count). The fraction of sp³-hybridized carbons (Fsp3) is 0.278. The van der Waals surface area contributed by atoms with Crippen LogP contribution in [0.1, 0.15) is 22.8 Å². The lowest BCUT2D eigenvalue weighted by Gasteiger charge is -2.23. The minimum Gasteiger partial charge on any atom is -0.454 e. The second-order valence-electron chi connectivity index (χ2n) is 5.51. The van der Waals surface area contributed by atoms with E-state index in [1.807, 2.05) is 37.1 Å². The molecule has 2 aromatic rings. The molecule has 0 unspecified atom stereocenters. The van der Waals surface area contributed by atoms with E-state index < -0.39 is 0 Å². The van der Waals surface area contributed by atoms with Gasteiger partial charge in [-0.25, -0.2) is 0 Å². The number of fused-ring (bicyclic) bond motifs is 1. The molecule has 114 valence electrons. The molecule has 1 atom stereocenters. The van der Waals surface area contributed by atoms with E-state index in [1.165, 1.54) is 5.56 Å². The highest BCUT2D eigenvalue weighted by Crippen LogP contribution is 2.33. The first-order valence-corrected chi connectivity index (χ1v) is 7.33. The van der Waals surface area contributed by atoms with Crippen LogP contribution in [-0.4, -0.2) is 30.6 Å². The maximum absolute atomic E-state index is 12.6. The van der Waals surface area contributed by atoms with Gasteiger partial charge in [0.1, 0.15) is 0 Å². The zero-order chi connectivity index (χ0) is 15.5. The fourth-order valence-corrected chi connectivity index (χ4v) is 2.50. The molecule has 4 nitrogen and oxygen atoms in total. The van der Waals surface area contributed by atoms with Gasteiger partial charge in [0.25, 0.3) is 0 Å². The summed E-state index contributed by atoms with van der Waals surface area (Å²) >= 11 is 0. The van der Waals surface area contributed by atoms with Crippen molar-refractivity contribution in [2.24, 2.45) is 0 Å². The van der Waals surface area contributed by atoms with Gasteiger partial charge >= 0.3 is 0 Å². The van der Waals surface area contributed by atoms with E-state index in [2.05, 4.69) is 12.1 Å². The van der Waals surface area contributed by atoms with E-state index in [9.17, 15) is 4.79 Å². The summed E-state index contributed by atoms with van der Waals surface area (Å²) in [4.78, 5) is 14.7. The standard InChI is InChI=1S/C18H19NO3/c1-13(19(2)11-14-6-4-3-5-7-14)18(20)15-8-9-16-17(10-15)22-12-21-16/h3-10,13H,11-12H2,1-2H3/t13-/m0/s1. The Hall–Kier alpha value is -2.33. The first-order valence-electron chi connectivity index (χ1n) is 7.33. The number of hydrogen-bond donors (Lipinski definition) is 0. The molecule has 0 aliphatic carbocycles. The van der Waals surface area contributed by atoms with Gasteiger partial charge in [-0.15, -0.1) is 0 Å². The molecule has 0 saturated heterocycles. The normalized spacial score (nSPS) is 14.1. The average Bonchev–Trinajstić information content (AvgIpc) is 3.02. The van der Waals surface area contributed by atoms with Crippen LogP contribution in [-0.2, 0) is 6.54 Å². The monoisotopic (exact) mass is 297 g/mol. The summed E-state index contributed by atoms with van der Waals surface area (Å²) in [7, 11) is 1.96. The van der Waals surface area contributed by atoms with Crippen molar-refractivity contribution in [1.29, 1.82) is 0 Å². The molecule has 0 aromatic heterocycles. The fourth-order valence-electron chi connectivity index (χ4n) is 2.50. The maximum atomic E-state index is 12.6. The van der Waals surface area contributed by atoms with Gasteiger partial charge in [-0.3, -0.25) is 9.69 Å². The number of rotatable bonds is 5. The molecule has 0 fully saturated rings. The summed E-state index contributed by atoms with van der Waals surface area (Å²) in [6, 6.07) is 15.3. The molecule has 4 heteroatoms. The molecule has 1 aliphatic heterocycles. The Labute approximate surface area is 130 Å². The molecule has 0 bridgehead atoms. The first-order chi connectivity index (χ1) is 10.6. The van der Waals surface area contributed by atoms with Gasteiger partial charge in [0.05, 0.1) is 6.04 Å². The predicted molar refractivity (Wildman–Crippen MR) is 84.3 cm³/mol. The zero-order valence-corrected chi connectivity index (χ0v) is 12.8. The van der Waals surface area contributed by atoms with E-state index in [4.69, 9.17) is 9.47 Å². The van der Waals surface area contributed by atoms with Crippen LogP contribution in [0.2, 0.25) is 0 Å². The topological polar surface area (TPSA) is 38.8 Å². The average molecular weight is 297 g/mol. The zero-order valence-electron chi connectivity index (χ0n) is 12.8. The van der Waals surface area contributed by atoms with Crippen molar-refractivity contribution in [3.8, 4) is 11.5 Å². The van der Waals surface area contributed by atoms with Gasteiger partial charge in [0.2, 0.25) is 6.79 Å². The van der Waals surface area contributed by atoms with E-state index >= 15 is 0 Å². The van der Waals surface area contributed by atoms with Gasteiger partial charge in [-0.2, -0.15) is 0 Å². The lowest BCUT2D eigenvalue weighted by atomic mass is 10.0. The SMILES string of the molecule is C[C@@H](C(=O)c1ccc2c(c1)OCO2)N(C)Cc1ccccc1. The van der Waals surface area contributed by atoms with E-state index in [-0.39, 0.29) is 18.6 Å². The summed E-state index contributed by atoms with van der Waals surface area (Å²) in [6.07, 6.45) is 0. The Morgan fingerprint density at radius 1 is 1.14 bits per heavy atom. The lowest BCUT2D eigenvalue weighted by molar-refractivity contribution is 0.0861. The number of nitrogens with zero attached hydrogens (tertiary/aromatic N) is 1. The number of ether oxygens (including phenoxy) is 2. The van der Waals surface area contributed by atoms with Gasteiger partial charge in [0.15, 0.2) is 17.3 Å². The van der Waals surface area contributed by atoms with Crippen LogP contribution in [0.5, 0.6) is 11.5 Å². The Morgan fingerprint density at radius 2 is 1.86 bits per heavy atom. The maximum Gasteiger partial charge on any atom is 0.231 e. The molecule has 0 saturated carbocycles. The summed E-state index contributed by atoms with van der Waals surface area (Å²) in [5.41, 5.74) is 1.84. The van der Waals surface area contributed by atoms with Crippen molar-refractivity contribution >= 4 is 5.78 Å². The van der Waals surface area contributed by atoms with Crippen molar-refractivity contribution in [3.05, 3.63) is 59.7 Å². The van der Waals surface area contributed by atoms with Crippen LogP contribution < -0.4 is 9.47 Å². The van der Waals surface area contributed by atoms with Crippen molar-refractivity contribution in [2.45, 2.75) is 19.5 Å². The number of benzene rings is 2. The third kappa shape index (κ3) is 2.97. The second-order valence-corrected chi connectivity index (χ2v) is 5.51. The highest BCUT2D eigenvalue weighted by atomic mass is 16.7. The summed E-state index contributed by atoms with van der Waals surface area (Å²) < 4.78 is 10.6. The van der Waals surface area contributed by atoms with Crippen LogP contribution in [0.4, 0.5) is 0 Å². The van der Waals surface area contributed by atoms with Crippen LogP contribution in [0.25, 0.3) is 0 Å². The van der Waals surface area contributed by atoms with Gasteiger partial charge < -0.3 is 9.47 Å². The Bertz CT molecular complexity index is 669. The molecule has 0 N–H and O–H groups in total. The van der Waals surface area contributed by atoms with Crippen LogP contribution >= 0.6 is 0 Å². The van der Waals surface area contributed by atoms with Crippen molar-refractivity contribution in [2.75, 3.05) is 13.8 Å². The molecule has 0 amide bonds. The van der Waals surface area contributed by atoms with Crippen molar-refractivity contribution < 1.29 is 14.3 Å². The first kappa shape index (κ1) is 14.6. The quantitative estimate of drug-likeness (QED) is 0.795. The highest BCUT2D eigenvalue weighted by molar-refractivity contribution is 6.00. The van der Waals surface area contributed by atoms with E-state index in [0.717, 1.165) is 6.54 Å². The number of ketones is 1. The minimum absolute atomic E-state index is 0.0803. The van der Waals surface area contributed by atoms with Crippen molar-refractivity contribution in [1.82, 2.24) is 4.90 Å². The third-order valence-electron chi connectivity index (χ3n) is 3.97. The van der Waals surface area contributed by atoms with Gasteiger partial charge in [-0.1, -0.05) is 30.3 Å². The summed E-state index contributed by atoms with van der Waals surface area (Å²) in [6.45, 7) is 2.88. The highest BCUT2D eigenvalue weighted by Gasteiger charge is 2.22. The Balaban J connectivity index is 1.71. The molecule has 1 heterocycles. The number of Topliss-reactive ketones (excluding diaryl/α,β-unsaturated/α-hetero) is 1. The smallest absolute Gasteiger partial charge is 0.231 e. The third-order valence-corrected chi connectivity index (χ3v) is 3.97. The Morgan fingerprint density at radius 3 is 2.64 bits per heavy atom. The number of carbonyl (C=O) groups is 1. The molecule has 2 aromatic carbocycles. The van der Waals surface area contributed by atoms with E-state index in [0.29, 0.717) is 17.1 Å². The number of carbonyl (C=O) groups excluding carboxylic acids is 1. The van der Waals surface area contributed by atoms with Gasteiger partial charge in [-0.05, 0) is 37.7 Å². The van der Waals surface area contributed by atoms with Crippen LogP contribution in [0.3, 0.4) is 0 Å². The molecular weight excluding hydrogens is 278 g/mol. The Kier molecular flexibility index (Phi) is 4.11. The molecule has 0 radical (unpaired) electrons. The summed E-state index contributed by atoms with van der Waals surface area (Å²) in [5.74, 6) is 1.42. The molecule has 0 spiro atoms. The predicted octanol–water partition coefficient (Wildman–Crippen LogP) is 3.12. The molecular formula is C18H19NO3. The minimum atomic E-state index is -0.208. The van der Waals surface area contributed by atoms with Crippen LogP contribution in [0, 0.1) is 0 Å². The molecule has 1 aliphatic rings. The van der Waals surface area contributed by atoms with Crippen molar-refractivity contribution in [3.63, 3.8) is 0 Å². The number of hydrogen-bond acceptors (Lipinski definition) is 4. The second kappa shape index (κ2) is 6.20. The number of likely N-dealkylation sites (N-methyl/N-ethyl adjacent to an activating group) is 1. The van der Waals surface area contributed by atoms with Gasteiger partial charge in [0, 0.05) is 12.1 Å². The van der Waals surface area contributed by atoms with Crippen LogP contribution in [0.15, 0.2) is 48.5 Å². The van der Waals surface area contributed by atoms with E-state index in [1.54, 1.807) is 18.2 Å².